The molecule has 1 rings (SSSR count). The lowest BCUT2D eigenvalue weighted by atomic mass is 10.0. The summed E-state index contributed by atoms with van der Waals surface area (Å²) in [5.74, 6) is 0. The molecule has 0 spiro atoms. The molecule has 11 heavy (non-hydrogen) atoms. The Kier molecular flexibility index (Phi) is 2.84. The van der Waals surface area contributed by atoms with Gasteiger partial charge in [-0.3, -0.25) is 0 Å². The highest BCUT2D eigenvalue weighted by Gasteiger charge is 2.32. The fourth-order valence-corrected chi connectivity index (χ4v) is 1.38. The molecule has 66 valence electrons. The van der Waals surface area contributed by atoms with Gasteiger partial charge in [-0.05, 0) is 7.05 Å². The summed E-state index contributed by atoms with van der Waals surface area (Å²) >= 11 is 0. The summed E-state index contributed by atoms with van der Waals surface area (Å²) in [6.45, 7) is 1.19. The molecule has 1 heterocycles. The third-order valence-corrected chi connectivity index (χ3v) is 2.07. The van der Waals surface area contributed by atoms with Crippen molar-refractivity contribution in [1.82, 2.24) is 4.90 Å². The predicted octanol–water partition coefficient (Wildman–Crippen LogP) is -1.33. The van der Waals surface area contributed by atoms with E-state index in [4.69, 9.17) is 4.74 Å². The number of ether oxygens (including phenoxy) is 1. The zero-order chi connectivity index (χ0) is 8.43. The van der Waals surface area contributed by atoms with Crippen molar-refractivity contribution in [3.05, 3.63) is 0 Å². The number of piperidine rings is 1. The van der Waals surface area contributed by atoms with Gasteiger partial charge in [0.15, 0.2) is 0 Å². The van der Waals surface area contributed by atoms with E-state index in [9.17, 15) is 10.2 Å². The van der Waals surface area contributed by atoms with Crippen LogP contribution in [0.25, 0.3) is 0 Å². The minimum atomic E-state index is -0.740. The van der Waals surface area contributed by atoms with Crippen LogP contribution in [0.3, 0.4) is 0 Å². The monoisotopic (exact) mass is 161 g/mol. The average molecular weight is 161 g/mol. The van der Waals surface area contributed by atoms with Gasteiger partial charge in [0.1, 0.15) is 6.10 Å². The molecule has 1 fully saturated rings. The van der Waals surface area contributed by atoms with Gasteiger partial charge in [-0.25, -0.2) is 0 Å². The highest BCUT2D eigenvalue weighted by atomic mass is 16.5. The molecule has 0 aromatic heterocycles. The molecule has 2 N–H and O–H groups in total. The van der Waals surface area contributed by atoms with E-state index in [0.717, 1.165) is 0 Å². The van der Waals surface area contributed by atoms with E-state index in [-0.39, 0.29) is 6.10 Å². The molecule has 1 aliphatic rings. The number of rotatable bonds is 1. The second-order valence-corrected chi connectivity index (χ2v) is 3.05. The van der Waals surface area contributed by atoms with E-state index in [1.54, 1.807) is 7.11 Å². The van der Waals surface area contributed by atoms with E-state index < -0.39 is 12.2 Å². The molecular weight excluding hydrogens is 146 g/mol. The van der Waals surface area contributed by atoms with Crippen LogP contribution in [0.2, 0.25) is 0 Å². The zero-order valence-corrected chi connectivity index (χ0v) is 6.90. The summed E-state index contributed by atoms with van der Waals surface area (Å²) in [7, 11) is 3.43. The van der Waals surface area contributed by atoms with Gasteiger partial charge in [-0.15, -0.1) is 0 Å². The Morgan fingerprint density at radius 2 is 2.00 bits per heavy atom. The molecule has 0 bridgehead atoms. The van der Waals surface area contributed by atoms with Crippen molar-refractivity contribution in [1.29, 1.82) is 0 Å². The van der Waals surface area contributed by atoms with Crippen molar-refractivity contribution in [3.8, 4) is 0 Å². The van der Waals surface area contributed by atoms with Gasteiger partial charge in [0, 0.05) is 20.2 Å². The normalized spacial score (nSPS) is 40.9. The Hall–Kier alpha value is -0.160. The molecule has 4 heteroatoms. The molecule has 0 radical (unpaired) electrons. The Morgan fingerprint density at radius 1 is 1.36 bits per heavy atom. The standard InChI is InChI=1S/C7H15NO3/c1-8-3-5(9)7(10)6(4-8)11-2/h5-7,9-10H,3-4H2,1-2H3/t5-,6-,7-/m1/s1. The summed E-state index contributed by atoms with van der Waals surface area (Å²) in [4.78, 5) is 1.94. The minimum Gasteiger partial charge on any atom is -0.389 e. The van der Waals surface area contributed by atoms with E-state index in [2.05, 4.69) is 0 Å². The predicted molar refractivity (Wildman–Crippen MR) is 40.3 cm³/mol. The number of β-amino-alcohol motifs (C(OH)–C–C–N with tert-alkyl or cyclic N) is 1. The fraction of sp³-hybridized carbons (Fsp3) is 1.00. The van der Waals surface area contributed by atoms with Crippen molar-refractivity contribution in [2.75, 3.05) is 27.2 Å². The van der Waals surface area contributed by atoms with Crippen LogP contribution in [-0.2, 0) is 4.74 Å². The van der Waals surface area contributed by atoms with E-state index >= 15 is 0 Å². The molecular formula is C7H15NO3. The summed E-state index contributed by atoms with van der Waals surface area (Å²) in [5, 5.41) is 18.6. The average Bonchev–Trinajstić information content (AvgIpc) is 1.96. The number of likely N-dealkylation sites (tertiary alicyclic amines) is 1. The number of nitrogens with zero attached hydrogens (tertiary/aromatic N) is 1. The van der Waals surface area contributed by atoms with Crippen LogP contribution in [0.1, 0.15) is 0 Å². The molecule has 0 aromatic carbocycles. The molecule has 0 unspecified atom stereocenters. The maximum Gasteiger partial charge on any atom is 0.108 e. The number of aliphatic hydroxyl groups excluding tert-OH is 2. The molecule has 0 aromatic rings. The van der Waals surface area contributed by atoms with Crippen LogP contribution < -0.4 is 0 Å². The summed E-state index contributed by atoms with van der Waals surface area (Å²) in [6, 6.07) is 0. The first-order valence-corrected chi connectivity index (χ1v) is 3.72. The Balaban J connectivity index is 2.51. The lowest BCUT2D eigenvalue weighted by Crippen LogP contribution is -2.54. The van der Waals surface area contributed by atoms with Gasteiger partial charge in [0.2, 0.25) is 0 Å². The van der Waals surface area contributed by atoms with Crippen LogP contribution in [0.15, 0.2) is 0 Å². The van der Waals surface area contributed by atoms with Crippen molar-refractivity contribution in [2.24, 2.45) is 0 Å². The van der Waals surface area contributed by atoms with Crippen LogP contribution >= 0.6 is 0 Å². The smallest absolute Gasteiger partial charge is 0.108 e. The number of methoxy groups -OCH3 is 1. The molecule has 0 saturated carbocycles. The van der Waals surface area contributed by atoms with Gasteiger partial charge in [0.25, 0.3) is 0 Å². The van der Waals surface area contributed by atoms with Crippen molar-refractivity contribution >= 4 is 0 Å². The third-order valence-electron chi connectivity index (χ3n) is 2.07. The molecule has 1 aliphatic heterocycles. The van der Waals surface area contributed by atoms with Gasteiger partial charge >= 0.3 is 0 Å². The Labute approximate surface area is 66.4 Å². The van der Waals surface area contributed by atoms with Crippen molar-refractivity contribution in [3.63, 3.8) is 0 Å². The maximum atomic E-state index is 9.35. The van der Waals surface area contributed by atoms with Gasteiger partial charge in [0.05, 0.1) is 12.2 Å². The first-order chi connectivity index (χ1) is 5.15. The zero-order valence-electron chi connectivity index (χ0n) is 6.90. The highest BCUT2D eigenvalue weighted by molar-refractivity contribution is 4.85. The van der Waals surface area contributed by atoms with E-state index in [1.165, 1.54) is 0 Å². The second-order valence-electron chi connectivity index (χ2n) is 3.05. The summed E-state index contributed by atoms with van der Waals surface area (Å²) in [6.07, 6.45) is -1.68. The first-order valence-electron chi connectivity index (χ1n) is 3.72. The Morgan fingerprint density at radius 3 is 2.55 bits per heavy atom. The molecule has 0 amide bonds. The van der Waals surface area contributed by atoms with Gasteiger partial charge < -0.3 is 19.8 Å². The van der Waals surface area contributed by atoms with Gasteiger partial charge in [-0.1, -0.05) is 0 Å². The first kappa shape index (κ1) is 8.93. The van der Waals surface area contributed by atoms with Crippen LogP contribution in [0.5, 0.6) is 0 Å². The number of hydrogen-bond donors (Lipinski definition) is 2. The number of likely N-dealkylation sites (N-methyl/N-ethyl adjacent to an activating group) is 1. The molecule has 4 nitrogen and oxygen atoms in total. The second kappa shape index (κ2) is 3.49. The van der Waals surface area contributed by atoms with Crippen molar-refractivity contribution in [2.45, 2.75) is 18.3 Å². The van der Waals surface area contributed by atoms with Crippen LogP contribution in [-0.4, -0.2) is 60.7 Å². The molecule has 1 saturated heterocycles. The fourth-order valence-electron chi connectivity index (χ4n) is 1.38. The Bertz CT molecular complexity index is 131. The highest BCUT2D eigenvalue weighted by Crippen LogP contribution is 2.12. The van der Waals surface area contributed by atoms with Crippen LogP contribution in [0.4, 0.5) is 0 Å². The quantitative estimate of drug-likeness (QED) is 0.500. The number of hydrogen-bond acceptors (Lipinski definition) is 4. The van der Waals surface area contributed by atoms with Crippen LogP contribution in [0, 0.1) is 0 Å². The summed E-state index contributed by atoms with van der Waals surface area (Å²) in [5.41, 5.74) is 0. The van der Waals surface area contributed by atoms with E-state index in [0.29, 0.717) is 13.1 Å². The summed E-state index contributed by atoms with van der Waals surface area (Å²) < 4.78 is 4.99. The van der Waals surface area contributed by atoms with Gasteiger partial charge in [-0.2, -0.15) is 0 Å². The lowest BCUT2D eigenvalue weighted by molar-refractivity contribution is -0.118. The van der Waals surface area contributed by atoms with E-state index in [1.807, 2.05) is 11.9 Å². The third kappa shape index (κ3) is 1.90. The molecule has 0 aliphatic carbocycles. The SMILES string of the molecule is CO[C@@H]1CN(C)C[C@@H](O)[C@H]1O. The van der Waals surface area contributed by atoms with Crippen molar-refractivity contribution < 1.29 is 14.9 Å². The topological polar surface area (TPSA) is 52.9 Å². The molecule has 3 atom stereocenters. The number of aliphatic hydroxyl groups is 2. The minimum absolute atomic E-state index is 0.260. The maximum absolute atomic E-state index is 9.35. The lowest BCUT2D eigenvalue weighted by Gasteiger charge is -2.36. The largest absolute Gasteiger partial charge is 0.389 e.